The summed E-state index contributed by atoms with van der Waals surface area (Å²) in [5, 5.41) is 0. The zero-order valence-electron chi connectivity index (χ0n) is 15.0. The van der Waals surface area contributed by atoms with Crippen molar-refractivity contribution in [2.75, 3.05) is 12.0 Å². The molecule has 2 aromatic rings. The minimum atomic E-state index is -1.36. The third-order valence-electron chi connectivity index (χ3n) is 4.62. The maximum atomic E-state index is 13.0. The highest BCUT2D eigenvalue weighted by molar-refractivity contribution is 7.98. The van der Waals surface area contributed by atoms with Gasteiger partial charge in [-0.3, -0.25) is 23.7 Å². The topological polar surface area (TPSA) is 86.1 Å². The predicted octanol–water partition coefficient (Wildman–Crippen LogP) is 2.39. The van der Waals surface area contributed by atoms with Crippen molar-refractivity contribution in [3.63, 3.8) is 0 Å². The molecule has 1 aliphatic carbocycles. The molecule has 0 N–H and O–H groups in total. The van der Waals surface area contributed by atoms with Crippen LogP contribution in [0.1, 0.15) is 29.6 Å². The SMILES string of the molecule is CSCCn1c(-c2ccccc2)ncc(C(=O)C2C(=O)CCCC2=O)c1=O. The molecule has 1 aromatic heterocycles. The van der Waals surface area contributed by atoms with Crippen LogP contribution in [-0.4, -0.2) is 38.9 Å². The Balaban J connectivity index is 2.07. The Morgan fingerprint density at radius 2 is 1.81 bits per heavy atom. The lowest BCUT2D eigenvalue weighted by atomic mass is 9.82. The van der Waals surface area contributed by atoms with Crippen molar-refractivity contribution in [2.24, 2.45) is 5.92 Å². The molecule has 3 rings (SSSR count). The van der Waals surface area contributed by atoms with Crippen molar-refractivity contribution in [1.82, 2.24) is 9.55 Å². The molecule has 1 fully saturated rings. The summed E-state index contributed by atoms with van der Waals surface area (Å²) < 4.78 is 1.46. The highest BCUT2D eigenvalue weighted by atomic mass is 32.2. The highest BCUT2D eigenvalue weighted by Crippen LogP contribution is 2.21. The molecule has 1 aliphatic rings. The van der Waals surface area contributed by atoms with E-state index in [2.05, 4.69) is 4.98 Å². The lowest BCUT2D eigenvalue weighted by molar-refractivity contribution is -0.133. The molecule has 0 unspecified atom stereocenters. The summed E-state index contributed by atoms with van der Waals surface area (Å²) in [6, 6.07) is 9.24. The van der Waals surface area contributed by atoms with Gasteiger partial charge in [0.15, 0.2) is 17.3 Å². The average Bonchev–Trinajstić information content (AvgIpc) is 2.67. The minimum Gasteiger partial charge on any atom is -0.298 e. The van der Waals surface area contributed by atoms with E-state index in [1.165, 1.54) is 10.8 Å². The Hall–Kier alpha value is -2.54. The monoisotopic (exact) mass is 384 g/mol. The number of thioether (sulfide) groups is 1. The van der Waals surface area contributed by atoms with Gasteiger partial charge in [0.2, 0.25) is 0 Å². The molecule has 27 heavy (non-hydrogen) atoms. The molecule has 0 amide bonds. The smallest absolute Gasteiger partial charge is 0.264 e. The molecule has 1 aromatic carbocycles. The van der Waals surface area contributed by atoms with Crippen molar-refractivity contribution in [3.8, 4) is 11.4 Å². The first-order valence-corrected chi connectivity index (χ1v) is 10.2. The van der Waals surface area contributed by atoms with Gasteiger partial charge in [-0.2, -0.15) is 11.8 Å². The Morgan fingerprint density at radius 1 is 1.15 bits per heavy atom. The number of carbonyl (C=O) groups is 3. The number of rotatable bonds is 6. The second kappa shape index (κ2) is 8.43. The second-order valence-electron chi connectivity index (χ2n) is 6.39. The molecule has 0 radical (unpaired) electrons. The maximum absolute atomic E-state index is 13.0. The van der Waals surface area contributed by atoms with Crippen LogP contribution < -0.4 is 5.56 Å². The molecular weight excluding hydrogens is 364 g/mol. The highest BCUT2D eigenvalue weighted by Gasteiger charge is 2.38. The van der Waals surface area contributed by atoms with E-state index >= 15 is 0 Å². The number of hydrogen-bond acceptors (Lipinski definition) is 6. The zero-order chi connectivity index (χ0) is 19.4. The van der Waals surface area contributed by atoms with E-state index in [0.717, 1.165) is 5.56 Å². The van der Waals surface area contributed by atoms with Gasteiger partial charge in [-0.05, 0) is 12.7 Å². The van der Waals surface area contributed by atoms with E-state index in [9.17, 15) is 19.2 Å². The third kappa shape index (κ3) is 3.93. The first-order chi connectivity index (χ1) is 13.0. The van der Waals surface area contributed by atoms with Gasteiger partial charge in [-0.25, -0.2) is 4.98 Å². The molecular formula is C20H20N2O4S. The van der Waals surface area contributed by atoms with Gasteiger partial charge in [-0.15, -0.1) is 0 Å². The van der Waals surface area contributed by atoms with Crippen LogP contribution in [0.3, 0.4) is 0 Å². The summed E-state index contributed by atoms with van der Waals surface area (Å²) in [5.41, 5.74) is 0.0676. The summed E-state index contributed by atoms with van der Waals surface area (Å²) in [6.45, 7) is 0.380. The normalized spacial score (nSPS) is 15.1. The van der Waals surface area contributed by atoms with Gasteiger partial charge in [0.1, 0.15) is 17.3 Å². The zero-order valence-corrected chi connectivity index (χ0v) is 15.8. The standard InChI is InChI=1S/C20H20N2O4S/c1-27-11-10-22-19(13-6-3-2-4-7-13)21-12-14(20(22)26)18(25)17-15(23)8-5-9-16(17)24/h2-4,6-7,12,17H,5,8-11H2,1H3. The lowest BCUT2D eigenvalue weighted by Gasteiger charge is -2.19. The lowest BCUT2D eigenvalue weighted by Crippen LogP contribution is -2.39. The number of hydrogen-bond donors (Lipinski definition) is 0. The van der Waals surface area contributed by atoms with E-state index in [4.69, 9.17) is 0 Å². The molecule has 7 heteroatoms. The van der Waals surface area contributed by atoms with E-state index in [1.54, 1.807) is 11.8 Å². The van der Waals surface area contributed by atoms with E-state index in [0.29, 0.717) is 24.5 Å². The summed E-state index contributed by atoms with van der Waals surface area (Å²) in [7, 11) is 0. The van der Waals surface area contributed by atoms with Crippen LogP contribution in [0, 0.1) is 5.92 Å². The van der Waals surface area contributed by atoms with Crippen molar-refractivity contribution in [3.05, 3.63) is 52.4 Å². The first kappa shape index (κ1) is 19.2. The molecule has 0 aliphatic heterocycles. The molecule has 1 saturated carbocycles. The summed E-state index contributed by atoms with van der Waals surface area (Å²) in [4.78, 5) is 54.4. The van der Waals surface area contributed by atoms with Crippen LogP contribution >= 0.6 is 11.8 Å². The third-order valence-corrected chi connectivity index (χ3v) is 5.21. The van der Waals surface area contributed by atoms with Crippen LogP contribution in [0.4, 0.5) is 0 Å². The van der Waals surface area contributed by atoms with Crippen LogP contribution in [0.25, 0.3) is 11.4 Å². The van der Waals surface area contributed by atoms with E-state index in [1.807, 2.05) is 36.6 Å². The molecule has 0 spiro atoms. The fourth-order valence-electron chi connectivity index (χ4n) is 3.22. The predicted molar refractivity (Wildman–Crippen MR) is 104 cm³/mol. The van der Waals surface area contributed by atoms with Gasteiger partial charge >= 0.3 is 0 Å². The van der Waals surface area contributed by atoms with Crippen molar-refractivity contribution >= 4 is 29.1 Å². The number of carbonyl (C=O) groups excluding carboxylic acids is 3. The molecule has 140 valence electrons. The van der Waals surface area contributed by atoms with E-state index < -0.39 is 28.8 Å². The molecule has 1 heterocycles. The van der Waals surface area contributed by atoms with Crippen molar-refractivity contribution in [1.29, 1.82) is 0 Å². The van der Waals surface area contributed by atoms with Gasteiger partial charge < -0.3 is 0 Å². The van der Waals surface area contributed by atoms with Gasteiger partial charge in [0.05, 0.1) is 0 Å². The molecule has 6 nitrogen and oxygen atoms in total. The summed E-state index contributed by atoms with van der Waals surface area (Å²) in [5.74, 6) is -1.76. The minimum absolute atomic E-state index is 0.190. The summed E-state index contributed by atoms with van der Waals surface area (Å²) >= 11 is 1.57. The number of benzene rings is 1. The number of ketones is 3. The summed E-state index contributed by atoms with van der Waals surface area (Å²) in [6.07, 6.45) is 3.98. The Bertz CT molecular complexity index is 921. The van der Waals surface area contributed by atoms with Gasteiger partial charge in [-0.1, -0.05) is 30.3 Å². The van der Waals surface area contributed by atoms with E-state index in [-0.39, 0.29) is 18.4 Å². The second-order valence-corrected chi connectivity index (χ2v) is 7.38. The fourth-order valence-corrected chi connectivity index (χ4v) is 3.59. The van der Waals surface area contributed by atoms with Crippen LogP contribution in [-0.2, 0) is 16.1 Å². The number of aromatic nitrogens is 2. The average molecular weight is 384 g/mol. The molecule has 0 bridgehead atoms. The van der Waals surface area contributed by atoms with Crippen LogP contribution in [0.15, 0.2) is 41.3 Å². The fraction of sp³-hybridized carbons (Fsp3) is 0.350. The molecule has 0 saturated heterocycles. The van der Waals surface area contributed by atoms with Crippen LogP contribution in [0.2, 0.25) is 0 Å². The Morgan fingerprint density at radius 3 is 2.44 bits per heavy atom. The Kier molecular flexibility index (Phi) is 6.01. The number of nitrogens with zero attached hydrogens (tertiary/aromatic N) is 2. The van der Waals surface area contributed by atoms with Crippen molar-refractivity contribution in [2.45, 2.75) is 25.8 Å². The maximum Gasteiger partial charge on any atom is 0.264 e. The number of Topliss-reactive ketones (excluding diaryl/α,β-unsaturated/α-hetero) is 3. The Labute approximate surface area is 161 Å². The largest absolute Gasteiger partial charge is 0.298 e. The van der Waals surface area contributed by atoms with Crippen LogP contribution in [0.5, 0.6) is 0 Å². The quantitative estimate of drug-likeness (QED) is 0.561. The molecule has 0 atom stereocenters. The van der Waals surface area contributed by atoms with Gasteiger partial charge in [0.25, 0.3) is 5.56 Å². The first-order valence-electron chi connectivity index (χ1n) is 8.78. The van der Waals surface area contributed by atoms with Crippen molar-refractivity contribution < 1.29 is 14.4 Å². The van der Waals surface area contributed by atoms with Gasteiger partial charge in [0, 0.05) is 36.9 Å².